The van der Waals surface area contributed by atoms with Gasteiger partial charge in [0.1, 0.15) is 6.04 Å². The van der Waals surface area contributed by atoms with Crippen LogP contribution in [-0.2, 0) is 14.8 Å². The van der Waals surface area contributed by atoms with Crippen LogP contribution in [-0.4, -0.2) is 49.7 Å². The van der Waals surface area contributed by atoms with Crippen LogP contribution < -0.4 is 10.6 Å². The Labute approximate surface area is 204 Å². The molecule has 180 valence electrons. The SMILES string of the molecule is CC(C)[C@@H](C)NC(=O)[C@@H](NC(=O)c1cccs1)C1CCN(S(=O)(=O)c2ccc(Cl)cc2)CC1. The van der Waals surface area contributed by atoms with E-state index in [0.717, 1.165) is 0 Å². The first-order valence-electron chi connectivity index (χ1n) is 11.0. The molecule has 7 nitrogen and oxygen atoms in total. The van der Waals surface area contributed by atoms with Gasteiger partial charge in [0.25, 0.3) is 5.91 Å². The molecule has 10 heteroatoms. The molecule has 1 saturated heterocycles. The highest BCUT2D eigenvalue weighted by molar-refractivity contribution is 7.89. The van der Waals surface area contributed by atoms with E-state index in [1.807, 2.05) is 26.2 Å². The number of carbonyl (C=O) groups excluding carboxylic acids is 2. The molecule has 33 heavy (non-hydrogen) atoms. The predicted octanol–water partition coefficient (Wildman–Crippen LogP) is 3.76. The molecule has 0 unspecified atom stereocenters. The van der Waals surface area contributed by atoms with Crippen LogP contribution in [0.25, 0.3) is 0 Å². The van der Waals surface area contributed by atoms with Gasteiger partial charge in [-0.2, -0.15) is 4.31 Å². The number of piperidine rings is 1. The summed E-state index contributed by atoms with van der Waals surface area (Å²) in [6.07, 6.45) is 0.928. The maximum Gasteiger partial charge on any atom is 0.262 e. The van der Waals surface area contributed by atoms with E-state index in [1.165, 1.54) is 27.8 Å². The molecule has 2 aromatic rings. The second-order valence-corrected chi connectivity index (χ2v) is 12.0. The molecule has 0 spiro atoms. The lowest BCUT2D eigenvalue weighted by Gasteiger charge is -2.35. The minimum absolute atomic E-state index is 0.0518. The van der Waals surface area contributed by atoms with E-state index >= 15 is 0 Å². The van der Waals surface area contributed by atoms with Gasteiger partial charge in [0.05, 0.1) is 9.77 Å². The fourth-order valence-corrected chi connectivity index (χ4v) is 5.93. The minimum Gasteiger partial charge on any atom is -0.352 e. The smallest absolute Gasteiger partial charge is 0.262 e. The second-order valence-electron chi connectivity index (χ2n) is 8.67. The summed E-state index contributed by atoms with van der Waals surface area (Å²) in [6, 6.07) is 8.81. The molecular weight excluding hydrogens is 482 g/mol. The van der Waals surface area contributed by atoms with Gasteiger partial charge < -0.3 is 10.6 Å². The van der Waals surface area contributed by atoms with Gasteiger partial charge in [-0.1, -0.05) is 31.5 Å². The lowest BCUT2D eigenvalue weighted by Crippen LogP contribution is -2.55. The van der Waals surface area contributed by atoms with E-state index in [9.17, 15) is 18.0 Å². The van der Waals surface area contributed by atoms with Crippen molar-refractivity contribution in [3.8, 4) is 0 Å². The van der Waals surface area contributed by atoms with Gasteiger partial charge in [0, 0.05) is 24.2 Å². The molecule has 1 aromatic carbocycles. The van der Waals surface area contributed by atoms with E-state index in [4.69, 9.17) is 11.6 Å². The van der Waals surface area contributed by atoms with Crippen LogP contribution in [0.15, 0.2) is 46.7 Å². The molecule has 0 saturated carbocycles. The number of carbonyl (C=O) groups is 2. The number of nitrogens with one attached hydrogen (secondary N) is 2. The fraction of sp³-hybridized carbons (Fsp3) is 0.478. The molecule has 0 aliphatic carbocycles. The van der Waals surface area contributed by atoms with E-state index < -0.39 is 16.1 Å². The molecule has 3 rings (SSSR count). The van der Waals surface area contributed by atoms with E-state index in [0.29, 0.717) is 22.7 Å². The van der Waals surface area contributed by atoms with Crippen molar-refractivity contribution in [1.82, 2.24) is 14.9 Å². The standard InChI is InChI=1S/C23H30ClN3O4S2/c1-15(2)16(3)25-23(29)21(26-22(28)20-5-4-14-32-20)17-10-12-27(13-11-17)33(30,31)19-8-6-18(24)7-9-19/h4-9,14-17,21H,10-13H2,1-3H3,(H,25,29)(H,26,28)/t16-,21+/m1/s1. The van der Waals surface area contributed by atoms with Crippen LogP contribution in [0.4, 0.5) is 0 Å². The molecule has 2 N–H and O–H groups in total. The van der Waals surface area contributed by atoms with Crippen molar-refractivity contribution in [1.29, 1.82) is 0 Å². The van der Waals surface area contributed by atoms with Crippen LogP contribution in [0.3, 0.4) is 0 Å². The number of halogens is 1. The van der Waals surface area contributed by atoms with Crippen molar-refractivity contribution in [3.63, 3.8) is 0 Å². The van der Waals surface area contributed by atoms with Gasteiger partial charge in [-0.3, -0.25) is 9.59 Å². The van der Waals surface area contributed by atoms with Gasteiger partial charge in [-0.15, -0.1) is 11.3 Å². The summed E-state index contributed by atoms with van der Waals surface area (Å²) in [7, 11) is -3.65. The summed E-state index contributed by atoms with van der Waals surface area (Å²) in [5.74, 6) is -0.461. The van der Waals surface area contributed by atoms with Crippen molar-refractivity contribution in [2.75, 3.05) is 13.1 Å². The normalized spacial score (nSPS) is 17.5. The van der Waals surface area contributed by atoms with Gasteiger partial charge in [-0.05, 0) is 67.3 Å². The summed E-state index contributed by atoms with van der Waals surface area (Å²) in [6.45, 7) is 6.51. The van der Waals surface area contributed by atoms with E-state index in [2.05, 4.69) is 10.6 Å². The van der Waals surface area contributed by atoms with Crippen LogP contribution >= 0.6 is 22.9 Å². The lowest BCUT2D eigenvalue weighted by atomic mass is 9.89. The van der Waals surface area contributed by atoms with Crippen LogP contribution in [0.2, 0.25) is 5.02 Å². The quantitative estimate of drug-likeness (QED) is 0.564. The Balaban J connectivity index is 1.72. The van der Waals surface area contributed by atoms with Gasteiger partial charge in [-0.25, -0.2) is 8.42 Å². The van der Waals surface area contributed by atoms with E-state index in [-0.39, 0.29) is 47.7 Å². The first kappa shape index (κ1) is 25.7. The Bertz CT molecular complexity index is 1050. The lowest BCUT2D eigenvalue weighted by molar-refractivity contribution is -0.125. The number of rotatable bonds is 8. The highest BCUT2D eigenvalue weighted by Crippen LogP contribution is 2.27. The maximum absolute atomic E-state index is 13.1. The summed E-state index contributed by atoms with van der Waals surface area (Å²) in [5, 5.41) is 8.19. The van der Waals surface area contributed by atoms with Crippen molar-refractivity contribution in [3.05, 3.63) is 51.7 Å². The van der Waals surface area contributed by atoms with Crippen LogP contribution in [0.1, 0.15) is 43.3 Å². The van der Waals surface area contributed by atoms with Crippen LogP contribution in [0.5, 0.6) is 0 Å². The number of benzene rings is 1. The Morgan fingerprint density at radius 2 is 1.70 bits per heavy atom. The van der Waals surface area contributed by atoms with Crippen molar-refractivity contribution in [2.45, 2.75) is 50.6 Å². The minimum atomic E-state index is -3.65. The molecule has 2 atom stereocenters. The highest BCUT2D eigenvalue weighted by atomic mass is 35.5. The number of hydrogen-bond acceptors (Lipinski definition) is 5. The third kappa shape index (κ3) is 6.35. The Morgan fingerprint density at radius 1 is 1.06 bits per heavy atom. The maximum atomic E-state index is 13.1. The summed E-state index contributed by atoms with van der Waals surface area (Å²) < 4.78 is 27.4. The highest BCUT2D eigenvalue weighted by Gasteiger charge is 2.37. The summed E-state index contributed by atoms with van der Waals surface area (Å²) in [5.41, 5.74) is 0. The van der Waals surface area contributed by atoms with Crippen LogP contribution in [0, 0.1) is 11.8 Å². The fourth-order valence-electron chi connectivity index (χ4n) is 3.70. The number of amides is 2. The van der Waals surface area contributed by atoms with Gasteiger partial charge in [0.2, 0.25) is 15.9 Å². The Hall–Kier alpha value is -1.94. The van der Waals surface area contributed by atoms with Crippen molar-refractivity contribution in [2.24, 2.45) is 11.8 Å². The van der Waals surface area contributed by atoms with Crippen molar-refractivity contribution < 1.29 is 18.0 Å². The van der Waals surface area contributed by atoms with E-state index in [1.54, 1.807) is 24.3 Å². The molecule has 1 aliphatic rings. The van der Waals surface area contributed by atoms with Gasteiger partial charge >= 0.3 is 0 Å². The molecule has 0 radical (unpaired) electrons. The molecule has 1 aromatic heterocycles. The molecule has 2 amide bonds. The average molecular weight is 512 g/mol. The summed E-state index contributed by atoms with van der Waals surface area (Å²) >= 11 is 7.20. The zero-order chi connectivity index (χ0) is 24.2. The Morgan fingerprint density at radius 3 is 2.24 bits per heavy atom. The first-order chi connectivity index (χ1) is 15.6. The zero-order valence-electron chi connectivity index (χ0n) is 19.0. The molecule has 1 fully saturated rings. The number of nitrogens with zero attached hydrogens (tertiary/aromatic N) is 1. The molecule has 2 heterocycles. The predicted molar refractivity (Wildman–Crippen MR) is 131 cm³/mol. The molecular formula is C23H30ClN3O4S2. The van der Waals surface area contributed by atoms with Gasteiger partial charge in [0.15, 0.2) is 0 Å². The average Bonchev–Trinajstić information content (AvgIpc) is 3.32. The van der Waals surface area contributed by atoms with Crippen molar-refractivity contribution >= 4 is 44.8 Å². The third-order valence-corrected chi connectivity index (χ3v) is 9.14. The second kappa shape index (κ2) is 11.0. The largest absolute Gasteiger partial charge is 0.352 e. The zero-order valence-corrected chi connectivity index (χ0v) is 21.3. The monoisotopic (exact) mass is 511 g/mol. The summed E-state index contributed by atoms with van der Waals surface area (Å²) in [4.78, 5) is 26.6. The first-order valence-corrected chi connectivity index (χ1v) is 13.7. The molecule has 1 aliphatic heterocycles. The Kier molecular flexibility index (Phi) is 8.55. The topological polar surface area (TPSA) is 95.6 Å². The number of sulfonamides is 1. The molecule has 0 bridgehead atoms. The number of thiophene rings is 1. The third-order valence-electron chi connectivity index (χ3n) is 6.11. The number of hydrogen-bond donors (Lipinski definition) is 2.